The fourth-order valence-electron chi connectivity index (χ4n) is 1.25. The van der Waals surface area contributed by atoms with Crippen molar-refractivity contribution >= 4 is 30.1 Å². The van der Waals surface area contributed by atoms with E-state index in [0.717, 1.165) is 18.6 Å². The van der Waals surface area contributed by atoms with Crippen molar-refractivity contribution in [2.75, 3.05) is 12.3 Å². The van der Waals surface area contributed by atoms with E-state index < -0.39 is 0 Å². The third-order valence-corrected chi connectivity index (χ3v) is 3.57. The van der Waals surface area contributed by atoms with Crippen LogP contribution in [0, 0.1) is 0 Å². The molecule has 0 aliphatic carbocycles. The maximum Gasteiger partial charge on any atom is 0.233 e. The first-order chi connectivity index (χ1) is 6.05. The van der Waals surface area contributed by atoms with Gasteiger partial charge in [0.05, 0.1) is 5.25 Å². The number of amides is 1. The zero-order valence-electron chi connectivity index (χ0n) is 8.71. The quantitative estimate of drug-likeness (QED) is 0.776. The van der Waals surface area contributed by atoms with Crippen molar-refractivity contribution in [1.29, 1.82) is 0 Å². The number of nitrogens with one attached hydrogen (secondary N) is 1. The van der Waals surface area contributed by atoms with Crippen molar-refractivity contribution in [2.45, 2.75) is 37.5 Å². The standard InChI is InChI=1S/C9H18N2OS.ClH/c1-9(2,6-10)11-8(12)7-4-3-5-13-7;/h7H,3-6,10H2,1-2H3,(H,11,12);1H. The maximum absolute atomic E-state index is 11.6. The van der Waals surface area contributed by atoms with Crippen LogP contribution in [0.1, 0.15) is 26.7 Å². The van der Waals surface area contributed by atoms with Crippen LogP contribution >= 0.6 is 24.2 Å². The van der Waals surface area contributed by atoms with Crippen LogP contribution in [0.25, 0.3) is 0 Å². The van der Waals surface area contributed by atoms with Gasteiger partial charge in [0, 0.05) is 12.1 Å². The number of halogens is 1. The molecule has 0 bridgehead atoms. The summed E-state index contributed by atoms with van der Waals surface area (Å²) in [5.74, 6) is 1.26. The molecule has 1 saturated heterocycles. The van der Waals surface area contributed by atoms with E-state index in [9.17, 15) is 4.79 Å². The molecular formula is C9H19ClN2OS. The number of carbonyl (C=O) groups excluding carboxylic acids is 1. The van der Waals surface area contributed by atoms with Gasteiger partial charge in [0.2, 0.25) is 5.91 Å². The van der Waals surface area contributed by atoms with Crippen molar-refractivity contribution in [3.8, 4) is 0 Å². The molecule has 0 radical (unpaired) electrons. The lowest BCUT2D eigenvalue weighted by Gasteiger charge is -2.25. The minimum absolute atomic E-state index is 0. The number of rotatable bonds is 3. The van der Waals surface area contributed by atoms with Crippen LogP contribution in [0.5, 0.6) is 0 Å². The molecular weight excluding hydrogens is 220 g/mol. The molecule has 0 spiro atoms. The second kappa shape index (κ2) is 5.83. The molecule has 0 saturated carbocycles. The Bertz CT molecular complexity index is 193. The van der Waals surface area contributed by atoms with Crippen molar-refractivity contribution in [3.05, 3.63) is 0 Å². The first kappa shape index (κ1) is 14.1. The number of carbonyl (C=O) groups is 1. The van der Waals surface area contributed by atoms with Crippen molar-refractivity contribution < 1.29 is 4.79 Å². The lowest BCUT2D eigenvalue weighted by Crippen LogP contribution is -2.51. The zero-order valence-corrected chi connectivity index (χ0v) is 10.3. The van der Waals surface area contributed by atoms with Crippen LogP contribution in [0.4, 0.5) is 0 Å². The van der Waals surface area contributed by atoms with Gasteiger partial charge in [-0.3, -0.25) is 4.79 Å². The normalized spacial score (nSPS) is 21.5. The first-order valence-electron chi connectivity index (χ1n) is 4.69. The van der Waals surface area contributed by atoms with Crippen LogP contribution in [0.3, 0.4) is 0 Å². The van der Waals surface area contributed by atoms with Crippen LogP contribution in [0.15, 0.2) is 0 Å². The summed E-state index contributed by atoms with van der Waals surface area (Å²) in [6.07, 6.45) is 2.17. The minimum atomic E-state index is -0.264. The molecule has 1 amide bonds. The van der Waals surface area contributed by atoms with E-state index in [1.54, 1.807) is 11.8 Å². The SMILES string of the molecule is CC(C)(CN)NC(=O)C1CCCS1.Cl. The van der Waals surface area contributed by atoms with E-state index in [2.05, 4.69) is 5.32 Å². The summed E-state index contributed by atoms with van der Waals surface area (Å²) in [5, 5.41) is 3.12. The number of thioether (sulfide) groups is 1. The van der Waals surface area contributed by atoms with Crippen LogP contribution < -0.4 is 11.1 Å². The molecule has 0 aromatic carbocycles. The molecule has 0 aromatic heterocycles. The second-order valence-corrected chi connectivity index (χ2v) is 5.39. The maximum atomic E-state index is 11.6. The molecule has 1 atom stereocenters. The Morgan fingerprint density at radius 1 is 1.64 bits per heavy atom. The summed E-state index contributed by atoms with van der Waals surface area (Å²) in [4.78, 5) is 11.6. The van der Waals surface area contributed by atoms with Crippen LogP contribution in [-0.2, 0) is 4.79 Å². The second-order valence-electron chi connectivity index (χ2n) is 4.08. The van der Waals surface area contributed by atoms with E-state index in [4.69, 9.17) is 5.73 Å². The molecule has 14 heavy (non-hydrogen) atoms. The largest absolute Gasteiger partial charge is 0.349 e. The third-order valence-electron chi connectivity index (χ3n) is 2.19. The smallest absolute Gasteiger partial charge is 0.233 e. The van der Waals surface area contributed by atoms with Gasteiger partial charge in [0.15, 0.2) is 0 Å². The molecule has 0 aromatic rings. The van der Waals surface area contributed by atoms with Crippen molar-refractivity contribution in [3.63, 3.8) is 0 Å². The Balaban J connectivity index is 0.00000169. The fraction of sp³-hybridized carbons (Fsp3) is 0.889. The van der Waals surface area contributed by atoms with Gasteiger partial charge in [-0.15, -0.1) is 24.2 Å². The Hall–Kier alpha value is 0.0700. The highest BCUT2D eigenvalue weighted by Crippen LogP contribution is 2.26. The summed E-state index contributed by atoms with van der Waals surface area (Å²) < 4.78 is 0. The monoisotopic (exact) mass is 238 g/mol. The minimum Gasteiger partial charge on any atom is -0.349 e. The average Bonchev–Trinajstić information content (AvgIpc) is 2.55. The predicted octanol–water partition coefficient (Wildman–Crippen LogP) is 1.16. The van der Waals surface area contributed by atoms with E-state index in [-0.39, 0.29) is 29.1 Å². The van der Waals surface area contributed by atoms with Gasteiger partial charge in [-0.25, -0.2) is 0 Å². The zero-order chi connectivity index (χ0) is 9.90. The van der Waals surface area contributed by atoms with Gasteiger partial charge in [0.1, 0.15) is 0 Å². The predicted molar refractivity (Wildman–Crippen MR) is 64.0 cm³/mol. The molecule has 1 unspecified atom stereocenters. The topological polar surface area (TPSA) is 55.1 Å². The Kier molecular flexibility index (Phi) is 5.86. The van der Waals surface area contributed by atoms with Crippen molar-refractivity contribution in [1.82, 2.24) is 5.32 Å². The summed E-state index contributed by atoms with van der Waals surface area (Å²) in [6.45, 7) is 4.38. The molecule has 1 heterocycles. The summed E-state index contributed by atoms with van der Waals surface area (Å²) in [7, 11) is 0. The molecule has 84 valence electrons. The highest BCUT2D eigenvalue weighted by atomic mass is 35.5. The highest BCUT2D eigenvalue weighted by Gasteiger charge is 2.27. The van der Waals surface area contributed by atoms with Gasteiger partial charge in [-0.2, -0.15) is 0 Å². The van der Waals surface area contributed by atoms with E-state index in [1.165, 1.54) is 0 Å². The van der Waals surface area contributed by atoms with Gasteiger partial charge in [-0.05, 0) is 32.4 Å². The summed E-state index contributed by atoms with van der Waals surface area (Å²) >= 11 is 1.75. The molecule has 1 rings (SSSR count). The molecule has 1 aliphatic heterocycles. The van der Waals surface area contributed by atoms with Gasteiger partial charge in [0.25, 0.3) is 0 Å². The summed E-state index contributed by atoms with van der Waals surface area (Å²) in [5.41, 5.74) is 5.27. The molecule has 3 nitrogen and oxygen atoms in total. The van der Waals surface area contributed by atoms with Gasteiger partial charge < -0.3 is 11.1 Å². The Morgan fingerprint density at radius 3 is 2.71 bits per heavy atom. The summed E-state index contributed by atoms with van der Waals surface area (Å²) in [6, 6.07) is 0. The Morgan fingerprint density at radius 2 is 2.29 bits per heavy atom. The first-order valence-corrected chi connectivity index (χ1v) is 5.74. The van der Waals surface area contributed by atoms with E-state index in [0.29, 0.717) is 6.54 Å². The fourth-order valence-corrected chi connectivity index (χ4v) is 2.41. The van der Waals surface area contributed by atoms with Gasteiger partial charge in [-0.1, -0.05) is 0 Å². The number of nitrogens with two attached hydrogens (primary N) is 1. The van der Waals surface area contributed by atoms with E-state index in [1.807, 2.05) is 13.8 Å². The molecule has 1 aliphatic rings. The van der Waals surface area contributed by atoms with Crippen LogP contribution in [-0.4, -0.2) is 29.0 Å². The molecule has 1 fully saturated rings. The van der Waals surface area contributed by atoms with Gasteiger partial charge >= 0.3 is 0 Å². The molecule has 3 N–H and O–H groups in total. The third kappa shape index (κ3) is 4.07. The average molecular weight is 239 g/mol. The highest BCUT2D eigenvalue weighted by molar-refractivity contribution is 8.00. The number of hydrogen-bond acceptors (Lipinski definition) is 3. The molecule has 5 heteroatoms. The number of hydrogen-bond donors (Lipinski definition) is 2. The Labute approximate surface area is 96.0 Å². The lowest BCUT2D eigenvalue weighted by molar-refractivity contribution is -0.122. The van der Waals surface area contributed by atoms with Crippen molar-refractivity contribution in [2.24, 2.45) is 5.73 Å². The van der Waals surface area contributed by atoms with Crippen LogP contribution in [0.2, 0.25) is 0 Å². The van der Waals surface area contributed by atoms with E-state index >= 15 is 0 Å². The lowest BCUT2D eigenvalue weighted by atomic mass is 10.1.